The highest BCUT2D eigenvalue weighted by molar-refractivity contribution is 5.28. The zero-order chi connectivity index (χ0) is 11.9. The van der Waals surface area contributed by atoms with E-state index in [2.05, 4.69) is 21.4 Å². The predicted molar refractivity (Wildman–Crippen MR) is 65.6 cm³/mol. The smallest absolute Gasteiger partial charge is 0.119 e. The normalized spacial score (nSPS) is 10.2. The van der Waals surface area contributed by atoms with Gasteiger partial charge in [0.25, 0.3) is 0 Å². The largest absolute Gasteiger partial charge is 0.497 e. The lowest BCUT2D eigenvalue weighted by Crippen LogP contribution is -2.13. The Kier molecular flexibility index (Phi) is 4.05. The van der Waals surface area contributed by atoms with Gasteiger partial charge in [0.15, 0.2) is 0 Å². The molecule has 0 fully saturated rings. The lowest BCUT2D eigenvalue weighted by molar-refractivity contribution is 0.414. The van der Waals surface area contributed by atoms with Crippen molar-refractivity contribution in [2.24, 2.45) is 0 Å². The summed E-state index contributed by atoms with van der Waals surface area (Å²) in [7, 11) is 1.67. The van der Waals surface area contributed by atoms with Crippen LogP contribution in [0.4, 0.5) is 0 Å². The Labute approximate surface area is 101 Å². The van der Waals surface area contributed by atoms with Gasteiger partial charge in [-0.15, -0.1) is 0 Å². The molecule has 2 rings (SSSR count). The molecule has 0 aliphatic carbocycles. The summed E-state index contributed by atoms with van der Waals surface area (Å²) in [5, 5.41) is 3.31. The number of nitrogens with one attached hydrogen (secondary N) is 1. The molecular weight excluding hydrogens is 214 g/mol. The van der Waals surface area contributed by atoms with E-state index < -0.39 is 0 Å². The molecule has 0 spiro atoms. The number of hydrogen-bond donors (Lipinski definition) is 1. The molecule has 0 saturated heterocycles. The molecule has 0 aliphatic rings. The molecule has 1 N–H and O–H groups in total. The third-order valence-corrected chi connectivity index (χ3v) is 2.39. The maximum atomic E-state index is 5.17. The minimum Gasteiger partial charge on any atom is -0.497 e. The molecule has 0 radical (unpaired) electrons. The van der Waals surface area contributed by atoms with E-state index in [4.69, 9.17) is 4.74 Å². The molecule has 4 nitrogen and oxygen atoms in total. The van der Waals surface area contributed by atoms with E-state index in [0.717, 1.165) is 18.0 Å². The second-order valence-electron chi connectivity index (χ2n) is 3.65. The SMILES string of the molecule is COc1cccc(CNCc2cnccn2)c1. The van der Waals surface area contributed by atoms with Crippen LogP contribution in [-0.4, -0.2) is 17.1 Å². The Morgan fingerprint density at radius 2 is 2.18 bits per heavy atom. The van der Waals surface area contributed by atoms with Crippen molar-refractivity contribution >= 4 is 0 Å². The zero-order valence-corrected chi connectivity index (χ0v) is 9.76. The number of ether oxygens (including phenoxy) is 1. The molecule has 4 heteroatoms. The van der Waals surface area contributed by atoms with Gasteiger partial charge in [0, 0.05) is 31.7 Å². The van der Waals surface area contributed by atoms with Gasteiger partial charge in [-0.2, -0.15) is 0 Å². The van der Waals surface area contributed by atoms with Gasteiger partial charge in [-0.3, -0.25) is 9.97 Å². The van der Waals surface area contributed by atoms with E-state index in [1.165, 1.54) is 5.56 Å². The Balaban J connectivity index is 1.86. The van der Waals surface area contributed by atoms with Crippen molar-refractivity contribution in [1.29, 1.82) is 0 Å². The first-order valence-electron chi connectivity index (χ1n) is 5.47. The highest BCUT2D eigenvalue weighted by Gasteiger charge is 1.97. The van der Waals surface area contributed by atoms with Crippen molar-refractivity contribution in [3.8, 4) is 5.75 Å². The first-order valence-corrected chi connectivity index (χ1v) is 5.47. The Morgan fingerprint density at radius 1 is 1.24 bits per heavy atom. The van der Waals surface area contributed by atoms with Gasteiger partial charge in [-0.1, -0.05) is 12.1 Å². The number of nitrogens with zero attached hydrogens (tertiary/aromatic N) is 2. The molecule has 0 bridgehead atoms. The van der Waals surface area contributed by atoms with Gasteiger partial charge in [-0.25, -0.2) is 0 Å². The van der Waals surface area contributed by atoms with Crippen molar-refractivity contribution in [1.82, 2.24) is 15.3 Å². The highest BCUT2D eigenvalue weighted by atomic mass is 16.5. The third kappa shape index (κ3) is 3.53. The number of hydrogen-bond acceptors (Lipinski definition) is 4. The molecule has 0 aliphatic heterocycles. The summed E-state index contributed by atoms with van der Waals surface area (Å²) in [5.74, 6) is 0.879. The minimum atomic E-state index is 0.713. The van der Waals surface area contributed by atoms with Gasteiger partial charge < -0.3 is 10.1 Å². The summed E-state index contributed by atoms with van der Waals surface area (Å²) < 4.78 is 5.17. The molecule has 0 unspecified atom stereocenters. The Bertz CT molecular complexity index is 459. The van der Waals surface area contributed by atoms with Crippen LogP contribution < -0.4 is 10.1 Å². The van der Waals surface area contributed by atoms with E-state index in [1.54, 1.807) is 25.7 Å². The van der Waals surface area contributed by atoms with Gasteiger partial charge >= 0.3 is 0 Å². The topological polar surface area (TPSA) is 47.0 Å². The van der Waals surface area contributed by atoms with E-state index in [1.807, 2.05) is 18.2 Å². The number of aromatic nitrogens is 2. The molecule has 1 heterocycles. The van der Waals surface area contributed by atoms with Crippen LogP contribution in [0.5, 0.6) is 5.75 Å². The average molecular weight is 229 g/mol. The van der Waals surface area contributed by atoms with Gasteiger partial charge in [0.2, 0.25) is 0 Å². The van der Waals surface area contributed by atoms with Crippen molar-refractivity contribution in [2.75, 3.05) is 7.11 Å². The van der Waals surface area contributed by atoms with Crippen LogP contribution in [0.15, 0.2) is 42.9 Å². The van der Waals surface area contributed by atoms with E-state index >= 15 is 0 Å². The van der Waals surface area contributed by atoms with Crippen LogP contribution in [0.1, 0.15) is 11.3 Å². The second-order valence-corrected chi connectivity index (χ2v) is 3.65. The average Bonchev–Trinajstić information content (AvgIpc) is 2.40. The quantitative estimate of drug-likeness (QED) is 0.849. The summed E-state index contributed by atoms with van der Waals surface area (Å²) in [6.45, 7) is 1.50. The van der Waals surface area contributed by atoms with Crippen LogP contribution >= 0.6 is 0 Å². The number of benzene rings is 1. The van der Waals surface area contributed by atoms with E-state index in [-0.39, 0.29) is 0 Å². The highest BCUT2D eigenvalue weighted by Crippen LogP contribution is 2.12. The standard InChI is InChI=1S/C13H15N3O/c1-17-13-4-2-3-11(7-13)8-15-10-12-9-14-5-6-16-12/h2-7,9,15H,8,10H2,1H3. The maximum Gasteiger partial charge on any atom is 0.119 e. The summed E-state index contributed by atoms with van der Waals surface area (Å²) in [6.07, 6.45) is 5.13. The summed E-state index contributed by atoms with van der Waals surface area (Å²) >= 11 is 0. The van der Waals surface area contributed by atoms with Crippen LogP contribution in [0.25, 0.3) is 0 Å². The summed E-state index contributed by atoms with van der Waals surface area (Å²) in [5.41, 5.74) is 2.13. The molecule has 0 atom stereocenters. The van der Waals surface area contributed by atoms with Gasteiger partial charge in [0.1, 0.15) is 5.75 Å². The summed E-state index contributed by atoms with van der Waals surface area (Å²) in [6, 6.07) is 8.00. The lowest BCUT2D eigenvalue weighted by Gasteiger charge is -2.06. The number of rotatable bonds is 5. The molecule has 1 aromatic heterocycles. The van der Waals surface area contributed by atoms with E-state index in [9.17, 15) is 0 Å². The minimum absolute atomic E-state index is 0.713. The van der Waals surface area contributed by atoms with E-state index in [0.29, 0.717) is 6.54 Å². The fraction of sp³-hybridized carbons (Fsp3) is 0.231. The van der Waals surface area contributed by atoms with Crippen molar-refractivity contribution in [2.45, 2.75) is 13.1 Å². The van der Waals surface area contributed by atoms with Gasteiger partial charge in [0.05, 0.1) is 12.8 Å². The summed E-state index contributed by atoms with van der Waals surface area (Å²) in [4.78, 5) is 8.21. The Morgan fingerprint density at radius 3 is 2.94 bits per heavy atom. The molecule has 17 heavy (non-hydrogen) atoms. The fourth-order valence-electron chi connectivity index (χ4n) is 1.54. The van der Waals surface area contributed by atoms with Crippen LogP contribution in [-0.2, 0) is 13.1 Å². The zero-order valence-electron chi connectivity index (χ0n) is 9.76. The third-order valence-electron chi connectivity index (χ3n) is 2.39. The Hall–Kier alpha value is -1.94. The lowest BCUT2D eigenvalue weighted by atomic mass is 10.2. The predicted octanol–water partition coefficient (Wildman–Crippen LogP) is 1.77. The maximum absolute atomic E-state index is 5.17. The van der Waals surface area contributed by atoms with Gasteiger partial charge in [-0.05, 0) is 17.7 Å². The fourth-order valence-corrected chi connectivity index (χ4v) is 1.54. The second kappa shape index (κ2) is 5.96. The molecule has 88 valence electrons. The van der Waals surface area contributed by atoms with Crippen LogP contribution in [0.3, 0.4) is 0 Å². The van der Waals surface area contributed by atoms with Crippen LogP contribution in [0, 0.1) is 0 Å². The molecule has 2 aromatic rings. The molecular formula is C13H15N3O. The molecule has 1 aromatic carbocycles. The van der Waals surface area contributed by atoms with Crippen LogP contribution in [0.2, 0.25) is 0 Å². The molecule has 0 amide bonds. The van der Waals surface area contributed by atoms with Crippen molar-refractivity contribution in [3.05, 3.63) is 54.1 Å². The first-order chi connectivity index (χ1) is 8.38. The monoisotopic (exact) mass is 229 g/mol. The van der Waals surface area contributed by atoms with Crippen molar-refractivity contribution < 1.29 is 4.74 Å². The van der Waals surface area contributed by atoms with Crippen molar-refractivity contribution in [3.63, 3.8) is 0 Å². The first kappa shape index (κ1) is 11.5. The number of methoxy groups -OCH3 is 1. The molecule has 0 saturated carbocycles.